The minimum Gasteiger partial charge on any atom is -0.344 e. The van der Waals surface area contributed by atoms with Crippen molar-refractivity contribution in [1.82, 2.24) is 19.8 Å². The fraction of sp³-hybridized carbons (Fsp3) is 0.292. The van der Waals surface area contributed by atoms with Crippen LogP contribution in [0.25, 0.3) is 21.1 Å². The highest BCUT2D eigenvalue weighted by Crippen LogP contribution is 2.40. The van der Waals surface area contributed by atoms with Gasteiger partial charge in [0.05, 0.1) is 10.4 Å². The molecule has 4 aromatic rings. The number of hydrogen-bond acceptors (Lipinski definition) is 5. The molecule has 1 aromatic carbocycles. The van der Waals surface area contributed by atoms with Gasteiger partial charge in [-0.05, 0) is 48.4 Å². The molecule has 0 spiro atoms. The second-order valence-electron chi connectivity index (χ2n) is 8.15. The molecule has 5 nitrogen and oxygen atoms in total. The third-order valence-corrected chi connectivity index (χ3v) is 6.98. The Morgan fingerprint density at radius 3 is 2.87 bits per heavy atom. The van der Waals surface area contributed by atoms with Gasteiger partial charge >= 0.3 is 0 Å². The summed E-state index contributed by atoms with van der Waals surface area (Å²) in [6.45, 7) is 2.90. The lowest BCUT2D eigenvalue weighted by atomic mass is 9.95. The van der Waals surface area contributed by atoms with Crippen molar-refractivity contribution >= 4 is 38.4 Å². The molecule has 0 saturated carbocycles. The SMILES string of the molecule is CN(C)C(=O)c1sc2ncccc2c1[C@H]1CCN(Cc2ccc3ncccc3c2)C1. The van der Waals surface area contributed by atoms with Gasteiger partial charge in [0.25, 0.3) is 5.91 Å². The van der Waals surface area contributed by atoms with Crippen molar-refractivity contribution in [3.63, 3.8) is 0 Å². The van der Waals surface area contributed by atoms with Crippen LogP contribution in [-0.4, -0.2) is 52.9 Å². The molecule has 1 amide bonds. The summed E-state index contributed by atoms with van der Waals surface area (Å²) in [4.78, 5) is 27.8. The van der Waals surface area contributed by atoms with Crippen LogP contribution in [0.3, 0.4) is 0 Å². The Morgan fingerprint density at radius 1 is 1.17 bits per heavy atom. The van der Waals surface area contributed by atoms with Crippen molar-refractivity contribution < 1.29 is 4.79 Å². The number of rotatable bonds is 4. The highest BCUT2D eigenvalue weighted by atomic mass is 32.1. The molecule has 0 N–H and O–H groups in total. The van der Waals surface area contributed by atoms with Crippen molar-refractivity contribution in [2.75, 3.05) is 27.2 Å². The van der Waals surface area contributed by atoms with Crippen molar-refractivity contribution in [3.8, 4) is 0 Å². The summed E-state index contributed by atoms with van der Waals surface area (Å²) in [5, 5.41) is 2.32. The zero-order chi connectivity index (χ0) is 20.7. The van der Waals surface area contributed by atoms with Gasteiger partial charge in [0.15, 0.2) is 0 Å². The van der Waals surface area contributed by atoms with Crippen LogP contribution in [0.2, 0.25) is 0 Å². The van der Waals surface area contributed by atoms with E-state index in [1.807, 2.05) is 38.6 Å². The van der Waals surface area contributed by atoms with E-state index in [1.54, 1.807) is 4.90 Å². The zero-order valence-electron chi connectivity index (χ0n) is 17.2. The Bertz CT molecular complexity index is 1230. The normalized spacial score (nSPS) is 17.1. The highest BCUT2D eigenvalue weighted by Gasteiger charge is 2.31. The third kappa shape index (κ3) is 3.46. The molecule has 0 unspecified atom stereocenters. The van der Waals surface area contributed by atoms with Crippen LogP contribution < -0.4 is 0 Å². The molecule has 0 aliphatic carbocycles. The summed E-state index contributed by atoms with van der Waals surface area (Å²) in [6, 6.07) is 14.7. The zero-order valence-corrected chi connectivity index (χ0v) is 18.0. The van der Waals surface area contributed by atoms with Crippen LogP contribution in [0.5, 0.6) is 0 Å². The number of aromatic nitrogens is 2. The molecule has 5 rings (SSSR count). The smallest absolute Gasteiger partial charge is 0.263 e. The average Bonchev–Trinajstić information content (AvgIpc) is 3.37. The first-order valence-corrected chi connectivity index (χ1v) is 11.1. The summed E-state index contributed by atoms with van der Waals surface area (Å²) in [5.74, 6) is 0.428. The van der Waals surface area contributed by atoms with Gasteiger partial charge in [0.2, 0.25) is 0 Å². The Kier molecular flexibility index (Phi) is 4.97. The van der Waals surface area contributed by atoms with E-state index in [-0.39, 0.29) is 5.91 Å². The molecule has 152 valence electrons. The molecule has 1 saturated heterocycles. The Hall–Kier alpha value is -2.83. The minimum atomic E-state index is 0.0773. The number of carbonyl (C=O) groups is 1. The third-order valence-electron chi connectivity index (χ3n) is 5.86. The van der Waals surface area contributed by atoms with Crippen molar-refractivity contribution in [3.05, 3.63) is 70.9 Å². The molecule has 0 bridgehead atoms. The van der Waals surface area contributed by atoms with Gasteiger partial charge in [-0.25, -0.2) is 4.98 Å². The van der Waals surface area contributed by atoms with E-state index < -0.39 is 0 Å². The standard InChI is InChI=1S/C24H24N4OS/c1-27(2)24(29)22-21(19-6-4-11-26-23(19)30-22)18-9-12-28(15-18)14-16-7-8-20-17(13-16)5-3-10-25-20/h3-8,10-11,13,18H,9,12,14-15H2,1-2H3/t18-/m0/s1. The number of thiophene rings is 1. The van der Waals surface area contributed by atoms with E-state index in [9.17, 15) is 4.79 Å². The van der Waals surface area contributed by atoms with E-state index in [2.05, 4.69) is 45.2 Å². The number of amides is 1. The van der Waals surface area contributed by atoms with E-state index in [4.69, 9.17) is 0 Å². The minimum absolute atomic E-state index is 0.0773. The van der Waals surface area contributed by atoms with Gasteiger partial charge in [-0.2, -0.15) is 0 Å². The van der Waals surface area contributed by atoms with E-state index in [0.29, 0.717) is 5.92 Å². The molecule has 30 heavy (non-hydrogen) atoms. The topological polar surface area (TPSA) is 49.3 Å². The van der Waals surface area contributed by atoms with Crippen LogP contribution in [-0.2, 0) is 6.54 Å². The lowest BCUT2D eigenvalue weighted by molar-refractivity contribution is 0.0831. The number of nitrogens with zero attached hydrogens (tertiary/aromatic N) is 4. The molecule has 6 heteroatoms. The molecule has 3 aromatic heterocycles. The second kappa shape index (κ2) is 7.78. The first-order valence-electron chi connectivity index (χ1n) is 10.3. The number of benzene rings is 1. The van der Waals surface area contributed by atoms with Gasteiger partial charge in [0, 0.05) is 56.3 Å². The molecule has 1 fully saturated rings. The highest BCUT2D eigenvalue weighted by molar-refractivity contribution is 7.20. The summed E-state index contributed by atoms with van der Waals surface area (Å²) < 4.78 is 0. The van der Waals surface area contributed by atoms with Crippen LogP contribution in [0.1, 0.15) is 33.1 Å². The van der Waals surface area contributed by atoms with Crippen LogP contribution in [0.15, 0.2) is 54.9 Å². The lowest BCUT2D eigenvalue weighted by Gasteiger charge is -2.18. The number of carbonyl (C=O) groups excluding carboxylic acids is 1. The predicted molar refractivity (Wildman–Crippen MR) is 122 cm³/mol. The van der Waals surface area contributed by atoms with Gasteiger partial charge < -0.3 is 4.90 Å². The maximum absolute atomic E-state index is 12.9. The summed E-state index contributed by atoms with van der Waals surface area (Å²) in [7, 11) is 3.64. The quantitative estimate of drug-likeness (QED) is 0.490. The fourth-order valence-corrected chi connectivity index (χ4v) is 5.66. The van der Waals surface area contributed by atoms with Crippen LogP contribution in [0.4, 0.5) is 0 Å². The number of fused-ring (bicyclic) bond motifs is 2. The first kappa shape index (κ1) is 19.2. The summed E-state index contributed by atoms with van der Waals surface area (Å²) in [5.41, 5.74) is 3.52. The fourth-order valence-electron chi connectivity index (χ4n) is 4.41. The van der Waals surface area contributed by atoms with Gasteiger partial charge in [-0.1, -0.05) is 18.2 Å². The monoisotopic (exact) mass is 416 g/mol. The molecule has 4 heterocycles. The average molecular weight is 417 g/mol. The van der Waals surface area contributed by atoms with Crippen LogP contribution >= 0.6 is 11.3 Å². The van der Waals surface area contributed by atoms with Gasteiger partial charge in [-0.15, -0.1) is 11.3 Å². The van der Waals surface area contributed by atoms with Crippen LogP contribution in [0, 0.1) is 0 Å². The molecular weight excluding hydrogens is 392 g/mol. The van der Waals surface area contributed by atoms with Crippen molar-refractivity contribution in [2.24, 2.45) is 0 Å². The molecule has 0 radical (unpaired) electrons. The maximum atomic E-state index is 12.9. The maximum Gasteiger partial charge on any atom is 0.263 e. The number of pyridine rings is 2. The first-order chi connectivity index (χ1) is 14.6. The number of likely N-dealkylation sites (tertiary alicyclic amines) is 1. The summed E-state index contributed by atoms with van der Waals surface area (Å²) in [6.07, 6.45) is 4.70. The van der Waals surface area contributed by atoms with Crippen molar-refractivity contribution in [1.29, 1.82) is 0 Å². The summed E-state index contributed by atoms with van der Waals surface area (Å²) >= 11 is 1.53. The molecule has 1 aliphatic rings. The number of hydrogen-bond donors (Lipinski definition) is 0. The van der Waals surface area contributed by atoms with E-state index in [0.717, 1.165) is 46.7 Å². The Labute approximate surface area is 180 Å². The lowest BCUT2D eigenvalue weighted by Crippen LogP contribution is -2.23. The molecule has 1 aliphatic heterocycles. The van der Waals surface area contributed by atoms with Gasteiger partial charge in [0.1, 0.15) is 4.83 Å². The molecule has 1 atom stereocenters. The Balaban J connectivity index is 1.42. The molecular formula is C24H24N4OS. The van der Waals surface area contributed by atoms with E-state index in [1.165, 1.54) is 27.8 Å². The predicted octanol–water partition coefficient (Wildman–Crippen LogP) is 4.54. The Morgan fingerprint density at radius 2 is 2.00 bits per heavy atom. The van der Waals surface area contributed by atoms with Gasteiger partial charge in [-0.3, -0.25) is 14.7 Å². The van der Waals surface area contributed by atoms with Crippen molar-refractivity contribution in [2.45, 2.75) is 18.9 Å². The second-order valence-corrected chi connectivity index (χ2v) is 9.15. The van der Waals surface area contributed by atoms with E-state index >= 15 is 0 Å². The largest absolute Gasteiger partial charge is 0.344 e.